The number of rotatable bonds is 3. The molecule has 0 N–H and O–H groups in total. The van der Waals surface area contributed by atoms with Crippen LogP contribution in [-0.4, -0.2) is 8.42 Å². The highest BCUT2D eigenvalue weighted by Crippen LogP contribution is 2.26. The average molecular weight is 385 g/mol. The maximum atomic E-state index is 12.6. The average Bonchev–Trinajstić information content (AvgIpc) is 2.49. The molecule has 0 saturated heterocycles. The molecule has 0 bridgehead atoms. The van der Waals surface area contributed by atoms with Gasteiger partial charge in [0.25, 0.3) is 4.74 Å². The van der Waals surface area contributed by atoms with Crippen molar-refractivity contribution in [3.05, 3.63) is 73.7 Å². The first-order valence-corrected chi connectivity index (χ1v) is 9.79. The van der Waals surface area contributed by atoms with Crippen LogP contribution in [0.3, 0.4) is 0 Å². The van der Waals surface area contributed by atoms with E-state index in [2.05, 4.69) is 0 Å². The maximum absolute atomic E-state index is 12.6. The second-order valence-corrected chi connectivity index (χ2v) is 8.75. The van der Waals surface area contributed by atoms with E-state index < -0.39 is 14.6 Å². The van der Waals surface area contributed by atoms with Crippen LogP contribution in [0.2, 0.25) is 10.0 Å². The summed E-state index contributed by atoms with van der Waals surface area (Å²) in [6, 6.07) is 13.2. The van der Waals surface area contributed by atoms with Crippen LogP contribution >= 0.6 is 34.5 Å². The molecule has 0 atom stereocenters. The Hall–Kier alpha value is -1.40. The van der Waals surface area contributed by atoms with Gasteiger partial charge >= 0.3 is 0 Å². The van der Waals surface area contributed by atoms with Crippen molar-refractivity contribution in [2.24, 2.45) is 0 Å². The third kappa shape index (κ3) is 3.43. The summed E-state index contributed by atoms with van der Waals surface area (Å²) in [5.74, 6) is -0.344. The largest absolute Gasteiger partial charge is 0.276 e. The second kappa shape index (κ2) is 6.24. The van der Waals surface area contributed by atoms with Gasteiger partial charge in [0.05, 0.1) is 5.75 Å². The predicted molar refractivity (Wildman–Crippen MR) is 95.4 cm³/mol. The summed E-state index contributed by atoms with van der Waals surface area (Å²) in [7, 11) is -3.80. The van der Waals surface area contributed by atoms with Crippen molar-refractivity contribution in [3.63, 3.8) is 0 Å². The molecule has 3 aromatic rings. The molecule has 1 aromatic heterocycles. The van der Waals surface area contributed by atoms with E-state index in [-0.39, 0.29) is 15.7 Å². The van der Waals surface area contributed by atoms with Crippen LogP contribution in [0, 0.1) is 0 Å². The van der Waals surface area contributed by atoms with E-state index in [0.717, 1.165) is 21.4 Å². The van der Waals surface area contributed by atoms with E-state index in [0.29, 0.717) is 10.6 Å². The Labute approximate surface area is 147 Å². The van der Waals surface area contributed by atoms with Crippen molar-refractivity contribution in [2.75, 3.05) is 0 Å². The van der Waals surface area contributed by atoms with Crippen LogP contribution in [0.15, 0.2) is 58.2 Å². The Morgan fingerprint density at radius 2 is 1.74 bits per heavy atom. The minimum atomic E-state index is -3.80. The maximum Gasteiger partial charge on any atom is 0.251 e. The summed E-state index contributed by atoms with van der Waals surface area (Å²) in [6.45, 7) is 0. The molecule has 0 aliphatic rings. The Morgan fingerprint density at radius 1 is 1.00 bits per heavy atom. The smallest absolute Gasteiger partial charge is 0.251 e. The van der Waals surface area contributed by atoms with Crippen molar-refractivity contribution in [2.45, 2.75) is 10.6 Å². The molecule has 0 aliphatic carbocycles. The second-order valence-electron chi connectivity index (χ2n) is 4.93. The van der Waals surface area contributed by atoms with E-state index in [1.54, 1.807) is 36.4 Å². The van der Waals surface area contributed by atoms with Crippen molar-refractivity contribution >= 4 is 54.5 Å². The summed E-state index contributed by atoms with van der Waals surface area (Å²) in [6.07, 6.45) is 0. The lowest BCUT2D eigenvalue weighted by Gasteiger charge is -2.07. The fourth-order valence-corrected chi connectivity index (χ4v) is 5.37. The zero-order valence-electron chi connectivity index (χ0n) is 11.6. The van der Waals surface area contributed by atoms with Crippen LogP contribution in [-0.2, 0) is 15.6 Å². The van der Waals surface area contributed by atoms with Crippen molar-refractivity contribution in [1.82, 2.24) is 0 Å². The molecule has 0 radical (unpaired) electrons. The zero-order valence-corrected chi connectivity index (χ0v) is 14.8. The molecule has 0 amide bonds. The van der Waals surface area contributed by atoms with Gasteiger partial charge in [0.15, 0.2) is 9.84 Å². The Morgan fingerprint density at radius 3 is 2.48 bits per heavy atom. The molecule has 2 aromatic carbocycles. The first-order chi connectivity index (χ1) is 10.9. The van der Waals surface area contributed by atoms with Crippen LogP contribution in [0.4, 0.5) is 0 Å². The SMILES string of the molecule is O=c1sc2ccccc2cc1S(=O)(=O)Cc1ccc(Cl)cc1Cl. The van der Waals surface area contributed by atoms with Gasteiger partial charge in [-0.25, -0.2) is 8.42 Å². The van der Waals surface area contributed by atoms with E-state index in [4.69, 9.17) is 23.2 Å². The molecule has 7 heteroatoms. The van der Waals surface area contributed by atoms with E-state index in [1.165, 1.54) is 12.1 Å². The molecule has 3 rings (SSSR count). The van der Waals surface area contributed by atoms with E-state index >= 15 is 0 Å². The van der Waals surface area contributed by atoms with Gasteiger partial charge in [0.2, 0.25) is 0 Å². The highest BCUT2D eigenvalue weighted by molar-refractivity contribution is 7.90. The lowest BCUT2D eigenvalue weighted by atomic mass is 10.2. The van der Waals surface area contributed by atoms with Crippen molar-refractivity contribution in [3.8, 4) is 0 Å². The normalized spacial score (nSPS) is 11.7. The topological polar surface area (TPSA) is 51.2 Å². The fourth-order valence-electron chi connectivity index (χ4n) is 2.18. The van der Waals surface area contributed by atoms with Gasteiger partial charge in [-0.05, 0) is 35.2 Å². The van der Waals surface area contributed by atoms with Gasteiger partial charge in [-0.3, -0.25) is 4.79 Å². The molecular weight excluding hydrogens is 375 g/mol. The van der Waals surface area contributed by atoms with Crippen LogP contribution in [0.5, 0.6) is 0 Å². The molecular formula is C16H10Cl2O3S2. The molecule has 0 saturated carbocycles. The quantitative estimate of drug-likeness (QED) is 0.665. The van der Waals surface area contributed by atoms with E-state index in [9.17, 15) is 13.2 Å². The summed E-state index contributed by atoms with van der Waals surface area (Å²) >= 11 is 12.8. The summed E-state index contributed by atoms with van der Waals surface area (Å²) in [5.41, 5.74) is 0.411. The van der Waals surface area contributed by atoms with Gasteiger partial charge in [-0.2, -0.15) is 0 Å². The molecule has 0 aliphatic heterocycles. The van der Waals surface area contributed by atoms with Gasteiger partial charge in [-0.15, -0.1) is 0 Å². The summed E-state index contributed by atoms with van der Waals surface area (Å²) in [4.78, 5) is 12.0. The minimum absolute atomic E-state index is 0.202. The molecule has 0 spiro atoms. The molecule has 1 heterocycles. The van der Waals surface area contributed by atoms with Gasteiger partial charge in [0.1, 0.15) is 4.90 Å². The number of fused-ring (bicyclic) bond motifs is 1. The first kappa shape index (κ1) is 16.5. The highest BCUT2D eigenvalue weighted by Gasteiger charge is 2.21. The molecule has 118 valence electrons. The summed E-state index contributed by atoms with van der Waals surface area (Å²) in [5, 5.41) is 1.41. The third-order valence-electron chi connectivity index (χ3n) is 3.31. The Bertz CT molecular complexity index is 1060. The Kier molecular flexibility index (Phi) is 4.47. The Balaban J connectivity index is 2.09. The fraction of sp³-hybridized carbons (Fsp3) is 0.0625. The lowest BCUT2D eigenvalue weighted by molar-refractivity contribution is 0.595. The van der Waals surface area contributed by atoms with Crippen LogP contribution in [0.25, 0.3) is 10.1 Å². The predicted octanol–water partition coefficient (Wildman–Crippen LogP) is 4.54. The van der Waals surface area contributed by atoms with Crippen molar-refractivity contribution in [1.29, 1.82) is 0 Å². The third-order valence-corrected chi connectivity index (χ3v) is 6.68. The number of sulfone groups is 1. The van der Waals surface area contributed by atoms with Gasteiger partial charge < -0.3 is 0 Å². The van der Waals surface area contributed by atoms with Gasteiger partial charge in [0, 0.05) is 14.7 Å². The number of benzene rings is 2. The molecule has 23 heavy (non-hydrogen) atoms. The van der Waals surface area contributed by atoms with Crippen molar-refractivity contribution < 1.29 is 8.42 Å². The number of hydrogen-bond donors (Lipinski definition) is 0. The minimum Gasteiger partial charge on any atom is -0.276 e. The zero-order chi connectivity index (χ0) is 16.6. The lowest BCUT2D eigenvalue weighted by Crippen LogP contribution is -2.14. The summed E-state index contributed by atoms with van der Waals surface area (Å²) < 4.78 is 25.5. The monoisotopic (exact) mass is 384 g/mol. The molecule has 0 unspecified atom stereocenters. The van der Waals surface area contributed by atoms with Crippen LogP contribution in [0.1, 0.15) is 5.56 Å². The number of hydrogen-bond acceptors (Lipinski definition) is 4. The molecule has 3 nitrogen and oxygen atoms in total. The van der Waals surface area contributed by atoms with Gasteiger partial charge in [-0.1, -0.05) is 58.8 Å². The number of halogens is 2. The molecule has 0 fully saturated rings. The standard InChI is InChI=1S/C16H10Cl2O3S2/c17-12-6-5-11(13(18)8-12)9-23(20,21)15-7-10-3-1-2-4-14(10)22-16(15)19/h1-8H,9H2. The highest BCUT2D eigenvalue weighted by atomic mass is 35.5. The van der Waals surface area contributed by atoms with E-state index in [1.807, 2.05) is 0 Å². The van der Waals surface area contributed by atoms with Crippen LogP contribution < -0.4 is 4.74 Å². The first-order valence-electron chi connectivity index (χ1n) is 6.56.